The molecule has 0 spiro atoms. The van der Waals surface area contributed by atoms with E-state index in [1.54, 1.807) is 6.07 Å². The van der Waals surface area contributed by atoms with Crippen molar-refractivity contribution in [1.82, 2.24) is 5.32 Å². The molecule has 0 aliphatic carbocycles. The quantitative estimate of drug-likeness (QED) is 0.715. The fraction of sp³-hybridized carbons (Fsp3) is 0.364. The number of benzene rings is 1. The van der Waals surface area contributed by atoms with Gasteiger partial charge in [-0.1, -0.05) is 37.9 Å². The van der Waals surface area contributed by atoms with Crippen molar-refractivity contribution in [1.29, 1.82) is 0 Å². The third-order valence-corrected chi connectivity index (χ3v) is 5.56. The second-order valence-corrected chi connectivity index (χ2v) is 7.76. The Morgan fingerprint density at radius 2 is 1.94 bits per heavy atom. The van der Waals surface area contributed by atoms with Crippen LogP contribution in [0.25, 0.3) is 0 Å². The zero-order valence-corrected chi connectivity index (χ0v) is 11.9. The minimum absolute atomic E-state index is 0.256. The van der Waals surface area contributed by atoms with Crippen LogP contribution in [0.1, 0.15) is 29.8 Å². The fourth-order valence-electron chi connectivity index (χ4n) is 1.77. The molecule has 2 nitrogen and oxygen atoms in total. The van der Waals surface area contributed by atoms with Gasteiger partial charge in [0, 0.05) is 11.1 Å². The average molecular weight is 351 g/mol. The summed E-state index contributed by atoms with van der Waals surface area (Å²) < 4.78 is 13.0. The van der Waals surface area contributed by atoms with Gasteiger partial charge in [0.25, 0.3) is 5.91 Å². The van der Waals surface area contributed by atoms with Crippen LogP contribution in [0.3, 0.4) is 0 Å². The van der Waals surface area contributed by atoms with E-state index in [-0.39, 0.29) is 5.91 Å². The topological polar surface area (TPSA) is 29.1 Å². The van der Waals surface area contributed by atoms with Crippen molar-refractivity contribution in [3.05, 3.63) is 35.1 Å². The van der Waals surface area contributed by atoms with Crippen molar-refractivity contribution in [2.24, 2.45) is 0 Å². The van der Waals surface area contributed by atoms with Gasteiger partial charge < -0.3 is 5.32 Å². The van der Waals surface area contributed by atoms with Crippen LogP contribution in [-0.4, -0.2) is 11.4 Å². The van der Waals surface area contributed by atoms with Gasteiger partial charge >= 0.3 is 0 Å². The van der Waals surface area contributed by atoms with Crippen LogP contribution in [0, 0.1) is 5.82 Å². The molecule has 1 aliphatic heterocycles. The van der Waals surface area contributed by atoms with Crippen LogP contribution in [0.5, 0.6) is 0 Å². The lowest BCUT2D eigenvalue weighted by Crippen LogP contribution is -2.57. The molecule has 1 aromatic carbocycles. The molecule has 5 heteroatoms. The Morgan fingerprint density at radius 1 is 1.31 bits per heavy atom. The number of hydrogen-bond donors (Lipinski definition) is 1. The van der Waals surface area contributed by atoms with Gasteiger partial charge in [-0.25, -0.2) is 4.39 Å². The largest absolute Gasteiger partial charge is 0.345 e. The summed E-state index contributed by atoms with van der Waals surface area (Å²) in [7, 11) is 0. The molecule has 0 fully saturated rings. The van der Waals surface area contributed by atoms with E-state index in [2.05, 4.69) is 37.2 Å². The summed E-state index contributed by atoms with van der Waals surface area (Å²) >= 11 is 6.91. The maximum Gasteiger partial charge on any atom is 0.252 e. The predicted molar refractivity (Wildman–Crippen MR) is 67.5 cm³/mol. The van der Waals surface area contributed by atoms with E-state index in [0.717, 1.165) is 0 Å². The average Bonchev–Trinajstić information content (AvgIpc) is 2.14. The molecule has 0 atom stereocenters. The molecule has 0 unspecified atom stereocenters. The molecule has 0 aromatic heterocycles. The van der Waals surface area contributed by atoms with Crippen molar-refractivity contribution < 1.29 is 9.18 Å². The number of carbonyl (C=O) groups excluding carboxylic acids is 1. The summed E-state index contributed by atoms with van der Waals surface area (Å²) in [6, 6.07) is 4.49. The molecule has 1 amide bonds. The lowest BCUT2D eigenvalue weighted by molar-refractivity contribution is 0.0889. The van der Waals surface area contributed by atoms with Crippen LogP contribution in [0.2, 0.25) is 0 Å². The molecule has 1 N–H and O–H groups in total. The van der Waals surface area contributed by atoms with Crippen molar-refractivity contribution in [3.63, 3.8) is 0 Å². The standard InChI is InChI=1S/C11H10Br2FNO/c1-10(2)11(12,13)8-6(9(16)15-10)4-3-5-7(8)14/h3-5H,1-2H3,(H,15,16). The molecular formula is C11H10Br2FNO. The van der Waals surface area contributed by atoms with Crippen molar-refractivity contribution >= 4 is 37.8 Å². The SMILES string of the molecule is CC1(C)NC(=O)c2cccc(F)c2C1(Br)Br. The monoisotopic (exact) mass is 349 g/mol. The zero-order valence-electron chi connectivity index (χ0n) is 8.77. The summed E-state index contributed by atoms with van der Waals surface area (Å²) in [5.74, 6) is -0.650. The Labute approximate surface area is 110 Å². The molecule has 0 bridgehead atoms. The van der Waals surface area contributed by atoms with E-state index >= 15 is 0 Å². The number of hydrogen-bond acceptors (Lipinski definition) is 1. The van der Waals surface area contributed by atoms with E-state index < -0.39 is 14.6 Å². The van der Waals surface area contributed by atoms with Crippen LogP contribution < -0.4 is 5.32 Å². The molecule has 1 aliphatic rings. The molecule has 0 radical (unpaired) electrons. The van der Waals surface area contributed by atoms with Gasteiger partial charge in [-0.05, 0) is 26.0 Å². The molecule has 0 saturated heterocycles. The Balaban J connectivity index is 2.76. The molecule has 1 heterocycles. The summed E-state index contributed by atoms with van der Waals surface area (Å²) in [5, 5.41) is 2.83. The van der Waals surface area contributed by atoms with Crippen LogP contribution >= 0.6 is 31.9 Å². The van der Waals surface area contributed by atoms with Crippen LogP contribution in [0.15, 0.2) is 18.2 Å². The first-order chi connectivity index (χ1) is 7.27. The highest BCUT2D eigenvalue weighted by atomic mass is 79.9. The number of fused-ring (bicyclic) bond motifs is 1. The van der Waals surface area contributed by atoms with Gasteiger partial charge in [0.2, 0.25) is 0 Å². The first-order valence-electron chi connectivity index (χ1n) is 4.77. The third kappa shape index (κ3) is 1.52. The first kappa shape index (κ1) is 12.0. The van der Waals surface area contributed by atoms with E-state index in [1.807, 2.05) is 13.8 Å². The van der Waals surface area contributed by atoms with E-state index in [0.29, 0.717) is 11.1 Å². The van der Waals surface area contributed by atoms with E-state index in [9.17, 15) is 9.18 Å². The zero-order chi connectivity index (χ0) is 12.1. The number of alkyl halides is 2. The molecule has 16 heavy (non-hydrogen) atoms. The van der Waals surface area contributed by atoms with Crippen LogP contribution in [0.4, 0.5) is 4.39 Å². The Morgan fingerprint density at radius 3 is 2.56 bits per heavy atom. The highest BCUT2D eigenvalue weighted by molar-refractivity contribution is 9.24. The van der Waals surface area contributed by atoms with Gasteiger partial charge in [0.15, 0.2) is 0 Å². The van der Waals surface area contributed by atoms with Gasteiger partial charge in [0.05, 0.1) is 5.54 Å². The summed E-state index contributed by atoms with van der Waals surface area (Å²) in [4.78, 5) is 11.8. The second kappa shape index (κ2) is 3.53. The van der Waals surface area contributed by atoms with E-state index in [1.165, 1.54) is 12.1 Å². The third-order valence-electron chi connectivity index (χ3n) is 2.78. The molecular weight excluding hydrogens is 341 g/mol. The Hall–Kier alpha value is -0.420. The maximum absolute atomic E-state index is 13.8. The second-order valence-electron chi connectivity index (χ2n) is 4.32. The smallest absolute Gasteiger partial charge is 0.252 e. The minimum atomic E-state index is -0.804. The summed E-state index contributed by atoms with van der Waals surface area (Å²) in [6.07, 6.45) is 0. The molecule has 86 valence electrons. The van der Waals surface area contributed by atoms with Gasteiger partial charge in [-0.15, -0.1) is 0 Å². The Kier molecular flexibility index (Phi) is 2.66. The van der Waals surface area contributed by atoms with Crippen molar-refractivity contribution in [2.75, 3.05) is 0 Å². The van der Waals surface area contributed by atoms with Gasteiger partial charge in [0.1, 0.15) is 9.05 Å². The Bertz CT molecular complexity index is 471. The number of carbonyl (C=O) groups is 1. The first-order valence-corrected chi connectivity index (χ1v) is 6.35. The summed E-state index contributed by atoms with van der Waals surface area (Å²) in [5.41, 5.74) is 0.0797. The molecule has 2 rings (SSSR count). The maximum atomic E-state index is 13.8. The van der Waals surface area contributed by atoms with E-state index in [4.69, 9.17) is 0 Å². The number of amides is 1. The number of rotatable bonds is 0. The van der Waals surface area contributed by atoms with Crippen LogP contribution in [-0.2, 0) is 3.23 Å². The lowest BCUT2D eigenvalue weighted by Gasteiger charge is -2.43. The van der Waals surface area contributed by atoms with Crippen molar-refractivity contribution in [2.45, 2.75) is 22.6 Å². The highest BCUT2D eigenvalue weighted by Gasteiger charge is 2.50. The minimum Gasteiger partial charge on any atom is -0.345 e. The highest BCUT2D eigenvalue weighted by Crippen LogP contribution is 2.51. The normalized spacial score (nSPS) is 21.2. The lowest BCUT2D eigenvalue weighted by atomic mass is 9.86. The predicted octanol–water partition coefficient (Wildman–Crippen LogP) is 3.29. The molecule has 0 saturated carbocycles. The van der Waals surface area contributed by atoms with Gasteiger partial charge in [-0.2, -0.15) is 0 Å². The number of nitrogens with one attached hydrogen (secondary N) is 1. The fourth-order valence-corrected chi connectivity index (χ4v) is 2.78. The molecule has 1 aromatic rings. The van der Waals surface area contributed by atoms with Gasteiger partial charge in [-0.3, -0.25) is 4.79 Å². The number of halogens is 3. The summed E-state index contributed by atoms with van der Waals surface area (Å²) in [6.45, 7) is 3.65. The van der Waals surface area contributed by atoms with Crippen molar-refractivity contribution in [3.8, 4) is 0 Å².